The van der Waals surface area contributed by atoms with E-state index >= 15 is 0 Å². The summed E-state index contributed by atoms with van der Waals surface area (Å²) in [6.07, 6.45) is 0.533. The first-order valence-corrected chi connectivity index (χ1v) is 9.53. The minimum absolute atomic E-state index is 0.0568. The van der Waals surface area contributed by atoms with Crippen molar-refractivity contribution in [2.75, 3.05) is 12.2 Å². The molecule has 0 aliphatic rings. The summed E-state index contributed by atoms with van der Waals surface area (Å²) in [5.74, 6) is -1.62. The van der Waals surface area contributed by atoms with E-state index in [0.717, 1.165) is 11.1 Å². The van der Waals surface area contributed by atoms with Crippen LogP contribution in [0.3, 0.4) is 0 Å². The van der Waals surface area contributed by atoms with E-state index in [1.807, 2.05) is 48.5 Å². The molecule has 160 valence electrons. The Kier molecular flexibility index (Phi) is 7.18. The Bertz CT molecular complexity index is 1050. The van der Waals surface area contributed by atoms with Gasteiger partial charge in [0.05, 0.1) is 25.5 Å². The number of hydrogen-bond acceptors (Lipinski definition) is 6. The summed E-state index contributed by atoms with van der Waals surface area (Å²) in [6, 6.07) is 20.0. The molecule has 0 radical (unpaired) electrons. The second-order valence-corrected chi connectivity index (χ2v) is 6.60. The average Bonchev–Trinajstić information content (AvgIpc) is 3.29. The molecule has 31 heavy (non-hydrogen) atoms. The molecule has 1 heterocycles. The molecule has 1 atom stereocenters. The number of para-hydroxylation sites is 1. The van der Waals surface area contributed by atoms with Gasteiger partial charge in [-0.25, -0.2) is 4.79 Å². The number of hydrogen-bond donors (Lipinski definition) is 1. The number of furan rings is 1. The number of carboxylic acids is 1. The average molecular weight is 422 g/mol. The number of anilines is 1. The zero-order valence-electron chi connectivity index (χ0n) is 17.1. The molecule has 1 unspecified atom stereocenters. The van der Waals surface area contributed by atoms with E-state index in [2.05, 4.69) is 5.16 Å². The number of aliphatic carboxylic acids is 1. The number of carbonyl (C=O) groups excluding carboxylic acids is 1. The first-order chi connectivity index (χ1) is 15.0. The fraction of sp³-hybridized carbons (Fsp3) is 0.174. The topological polar surface area (TPSA) is 102 Å². The second kappa shape index (κ2) is 10.2. The van der Waals surface area contributed by atoms with Crippen molar-refractivity contribution in [3.63, 3.8) is 0 Å². The molecular formula is C23H22N2O6. The van der Waals surface area contributed by atoms with Gasteiger partial charge in [-0.2, -0.15) is 5.06 Å². The van der Waals surface area contributed by atoms with Crippen LogP contribution in [0.4, 0.5) is 5.69 Å². The van der Waals surface area contributed by atoms with Crippen molar-refractivity contribution in [1.29, 1.82) is 0 Å². The van der Waals surface area contributed by atoms with Gasteiger partial charge in [-0.3, -0.25) is 9.63 Å². The fourth-order valence-corrected chi connectivity index (χ4v) is 2.96. The smallest absolute Gasteiger partial charge is 0.361 e. The first kappa shape index (κ1) is 21.8. The summed E-state index contributed by atoms with van der Waals surface area (Å²) in [7, 11) is 1.41. The molecule has 1 aromatic heterocycles. The highest BCUT2D eigenvalue weighted by Crippen LogP contribution is 2.31. The first-order valence-electron chi connectivity index (χ1n) is 9.53. The molecule has 1 N–H and O–H groups in total. The van der Waals surface area contributed by atoms with Crippen LogP contribution in [0.2, 0.25) is 0 Å². The van der Waals surface area contributed by atoms with Gasteiger partial charge >= 0.3 is 5.97 Å². The number of nitrogens with zero attached hydrogens (tertiary/aromatic N) is 2. The molecule has 0 bridgehead atoms. The number of amides is 1. The minimum Gasteiger partial charge on any atom is -0.476 e. The predicted molar refractivity (Wildman–Crippen MR) is 114 cm³/mol. The van der Waals surface area contributed by atoms with E-state index < -0.39 is 12.1 Å². The monoisotopic (exact) mass is 422 g/mol. The van der Waals surface area contributed by atoms with Crippen LogP contribution < -0.4 is 5.06 Å². The van der Waals surface area contributed by atoms with Crippen LogP contribution in [0.25, 0.3) is 11.1 Å². The predicted octanol–water partition coefficient (Wildman–Crippen LogP) is 4.13. The van der Waals surface area contributed by atoms with Gasteiger partial charge in [0.25, 0.3) is 5.91 Å². The van der Waals surface area contributed by atoms with Gasteiger partial charge in [0.2, 0.25) is 5.71 Å². The molecule has 0 spiro atoms. The van der Waals surface area contributed by atoms with Crippen molar-refractivity contribution in [3.8, 4) is 11.1 Å². The van der Waals surface area contributed by atoms with Gasteiger partial charge in [-0.15, -0.1) is 0 Å². The molecule has 0 saturated heterocycles. The summed E-state index contributed by atoms with van der Waals surface area (Å²) in [6.45, 7) is 1.61. The van der Waals surface area contributed by atoms with Gasteiger partial charge in [-0.1, -0.05) is 53.7 Å². The normalized spacial score (nSPS) is 12.3. The van der Waals surface area contributed by atoms with E-state index in [1.54, 1.807) is 19.1 Å². The summed E-state index contributed by atoms with van der Waals surface area (Å²) in [4.78, 5) is 34.9. The minimum atomic E-state index is -1.30. The number of oxime groups is 1. The quantitative estimate of drug-likeness (QED) is 0.411. The Morgan fingerprint density at radius 1 is 1.06 bits per heavy atom. The van der Waals surface area contributed by atoms with Gasteiger partial charge in [0, 0.05) is 5.56 Å². The number of hydroxylamine groups is 1. The van der Waals surface area contributed by atoms with Crippen molar-refractivity contribution >= 4 is 23.3 Å². The van der Waals surface area contributed by atoms with E-state index in [9.17, 15) is 14.7 Å². The van der Waals surface area contributed by atoms with Gasteiger partial charge in [0.15, 0.2) is 5.76 Å². The van der Waals surface area contributed by atoms with Crippen molar-refractivity contribution in [2.45, 2.75) is 19.4 Å². The third-order valence-electron chi connectivity index (χ3n) is 4.36. The lowest BCUT2D eigenvalue weighted by Crippen LogP contribution is -2.32. The third-order valence-corrected chi connectivity index (χ3v) is 4.36. The number of rotatable bonds is 9. The maximum atomic E-state index is 12.9. The number of benzene rings is 2. The van der Waals surface area contributed by atoms with Crippen LogP contribution >= 0.6 is 0 Å². The molecule has 3 aromatic rings. The fourth-order valence-electron chi connectivity index (χ4n) is 2.96. The molecular weight excluding hydrogens is 400 g/mol. The summed E-state index contributed by atoms with van der Waals surface area (Å²) in [5, 5.41) is 14.1. The van der Waals surface area contributed by atoms with Crippen molar-refractivity contribution in [2.24, 2.45) is 5.16 Å². The third kappa shape index (κ3) is 5.37. The van der Waals surface area contributed by atoms with Gasteiger partial charge in [0.1, 0.15) is 6.10 Å². The Balaban J connectivity index is 1.75. The SMILES string of the molecule is CON(C(=O)CC(C)ON=C(C(=O)O)c1ccco1)c1ccccc1-c1ccccc1. The lowest BCUT2D eigenvalue weighted by atomic mass is 10.0. The molecule has 8 heteroatoms. The summed E-state index contributed by atoms with van der Waals surface area (Å²) < 4.78 is 5.05. The largest absolute Gasteiger partial charge is 0.476 e. The van der Waals surface area contributed by atoms with Crippen LogP contribution in [-0.2, 0) is 19.3 Å². The van der Waals surface area contributed by atoms with Crippen LogP contribution in [0.15, 0.2) is 82.6 Å². The highest BCUT2D eigenvalue weighted by atomic mass is 16.7. The lowest BCUT2D eigenvalue weighted by Gasteiger charge is -2.23. The summed E-state index contributed by atoms with van der Waals surface area (Å²) in [5.41, 5.74) is 1.96. The van der Waals surface area contributed by atoms with Gasteiger partial charge in [-0.05, 0) is 30.7 Å². The maximum absolute atomic E-state index is 12.9. The molecule has 0 saturated carbocycles. The van der Waals surface area contributed by atoms with Crippen molar-refractivity contribution in [1.82, 2.24) is 0 Å². The number of carbonyl (C=O) groups is 2. The van der Waals surface area contributed by atoms with Crippen LogP contribution in [0.1, 0.15) is 19.1 Å². The Morgan fingerprint density at radius 2 is 1.77 bits per heavy atom. The van der Waals surface area contributed by atoms with E-state index in [-0.39, 0.29) is 23.8 Å². The zero-order valence-corrected chi connectivity index (χ0v) is 17.1. The van der Waals surface area contributed by atoms with Crippen molar-refractivity contribution < 1.29 is 28.8 Å². The standard InChI is InChI=1S/C23H22N2O6/c1-16(31-24-22(23(27)28)20-13-8-14-30-20)15-21(26)25(29-2)19-12-7-6-11-18(19)17-9-4-3-5-10-17/h3-14,16H,15H2,1-2H3,(H,27,28). The lowest BCUT2D eigenvalue weighted by molar-refractivity contribution is -0.129. The molecule has 0 fully saturated rings. The van der Waals surface area contributed by atoms with E-state index in [0.29, 0.717) is 5.69 Å². The van der Waals surface area contributed by atoms with E-state index in [4.69, 9.17) is 14.1 Å². The Morgan fingerprint density at radius 3 is 2.42 bits per heavy atom. The highest BCUT2D eigenvalue weighted by molar-refractivity contribution is 6.41. The molecule has 1 amide bonds. The molecule has 0 aliphatic carbocycles. The van der Waals surface area contributed by atoms with Crippen LogP contribution in [0.5, 0.6) is 0 Å². The maximum Gasteiger partial charge on any atom is 0.361 e. The Labute approximate surface area is 179 Å². The van der Waals surface area contributed by atoms with Crippen LogP contribution in [0, 0.1) is 0 Å². The molecule has 3 rings (SSSR count). The van der Waals surface area contributed by atoms with E-state index in [1.165, 1.54) is 24.5 Å². The molecule has 2 aromatic carbocycles. The van der Waals surface area contributed by atoms with Crippen molar-refractivity contribution in [3.05, 3.63) is 78.8 Å². The number of carboxylic acid groups (broad SMARTS) is 1. The van der Waals surface area contributed by atoms with Gasteiger partial charge < -0.3 is 14.4 Å². The highest BCUT2D eigenvalue weighted by Gasteiger charge is 2.23. The zero-order chi connectivity index (χ0) is 22.2. The second-order valence-electron chi connectivity index (χ2n) is 6.60. The summed E-state index contributed by atoms with van der Waals surface area (Å²) >= 11 is 0. The Hall–Kier alpha value is -3.91. The van der Waals surface area contributed by atoms with Crippen LogP contribution in [-0.4, -0.2) is 35.9 Å². The molecule has 0 aliphatic heterocycles. The molecule has 8 nitrogen and oxygen atoms in total.